The molecule has 3 N–H and O–H groups in total. The molecule has 0 aromatic heterocycles. The Morgan fingerprint density at radius 2 is 1.00 bits per heavy atom. The van der Waals surface area contributed by atoms with E-state index in [-0.39, 0.29) is 0 Å². The van der Waals surface area contributed by atoms with Crippen LogP contribution in [0.5, 0.6) is 0 Å². The fourth-order valence-corrected chi connectivity index (χ4v) is 4.99. The van der Waals surface area contributed by atoms with Crippen molar-refractivity contribution in [2.75, 3.05) is 6.61 Å². The summed E-state index contributed by atoms with van der Waals surface area (Å²) in [5.74, 6) is -2.01. The van der Waals surface area contributed by atoms with E-state index in [0.717, 1.165) is 50.7 Å². The van der Waals surface area contributed by atoms with Crippen molar-refractivity contribution in [3.63, 3.8) is 0 Å². The van der Waals surface area contributed by atoms with Crippen LogP contribution in [0, 0.1) is 0 Å². The molecule has 0 radical (unpaired) electrons. The molecule has 0 bridgehead atoms. The fraction of sp³-hybridized carbons (Fsp3) is 0.871. The van der Waals surface area contributed by atoms with Gasteiger partial charge in [-0.2, -0.15) is 0 Å². The van der Waals surface area contributed by atoms with Crippen molar-refractivity contribution in [1.82, 2.24) is 0 Å². The van der Waals surface area contributed by atoms with Crippen LogP contribution in [0.15, 0.2) is 12.2 Å². The maximum atomic E-state index is 12.4. The molecule has 1 atom stereocenters. The molecule has 0 aliphatic carbocycles. The lowest BCUT2D eigenvalue weighted by molar-refractivity contribution is -0.175. The molecule has 6 nitrogen and oxygen atoms in total. The zero-order chi connectivity index (χ0) is 27.6. The molecule has 0 aliphatic rings. The summed E-state index contributed by atoms with van der Waals surface area (Å²) in [5, 5.41) is 29.3. The van der Waals surface area contributed by atoms with E-state index >= 15 is 0 Å². The quantitative estimate of drug-likeness (QED) is 0.0571. The first-order valence-electron chi connectivity index (χ1n) is 15.3. The van der Waals surface area contributed by atoms with Crippen LogP contribution in [0.3, 0.4) is 0 Å². The van der Waals surface area contributed by atoms with Crippen molar-refractivity contribution in [2.45, 2.75) is 167 Å². The number of ether oxygens (including phenoxy) is 1. The Morgan fingerprint density at radius 3 is 1.32 bits per heavy atom. The Labute approximate surface area is 227 Å². The van der Waals surface area contributed by atoms with Gasteiger partial charge in [0.25, 0.3) is 0 Å². The number of unbranched alkanes of at least 4 members (excludes halogenated alkanes) is 18. The summed E-state index contributed by atoms with van der Waals surface area (Å²) in [6, 6.07) is 0. The van der Waals surface area contributed by atoms with Crippen LogP contribution < -0.4 is 0 Å². The van der Waals surface area contributed by atoms with Gasteiger partial charge in [-0.3, -0.25) is 0 Å². The Hall–Kier alpha value is -1.40. The molecule has 0 saturated carbocycles. The van der Waals surface area contributed by atoms with E-state index in [2.05, 4.69) is 13.8 Å². The molecule has 37 heavy (non-hydrogen) atoms. The molecule has 0 aliphatic heterocycles. The van der Waals surface area contributed by atoms with Crippen LogP contribution in [0.2, 0.25) is 0 Å². The number of hydrogen-bond donors (Lipinski definition) is 3. The van der Waals surface area contributed by atoms with Crippen molar-refractivity contribution < 1.29 is 29.6 Å². The van der Waals surface area contributed by atoms with Crippen LogP contribution in [0.25, 0.3) is 0 Å². The molecule has 0 aromatic carbocycles. The molecule has 218 valence electrons. The van der Waals surface area contributed by atoms with Gasteiger partial charge in [-0.05, 0) is 25.7 Å². The number of carboxylic acids is 1. The largest absolute Gasteiger partial charge is 0.478 e. The predicted octanol–water partition coefficient (Wildman–Crippen LogP) is 7.88. The topological polar surface area (TPSA) is 104 Å². The number of hydrogen-bond acceptors (Lipinski definition) is 5. The Kier molecular flexibility index (Phi) is 24.0. The molecule has 0 heterocycles. The number of aliphatic hydroxyl groups is 2. The number of aliphatic hydroxyl groups excluding tert-OH is 2. The van der Waals surface area contributed by atoms with Crippen molar-refractivity contribution in [3.8, 4) is 0 Å². The molecule has 0 saturated heterocycles. The Balaban J connectivity index is 4.72. The molecule has 6 heteroatoms. The Bertz CT molecular complexity index is 550. The first-order chi connectivity index (χ1) is 17.9. The van der Waals surface area contributed by atoms with Gasteiger partial charge in [0.1, 0.15) is 11.7 Å². The van der Waals surface area contributed by atoms with Gasteiger partial charge < -0.3 is 20.1 Å². The fourth-order valence-electron chi connectivity index (χ4n) is 4.99. The number of carboxylic acid groups (broad SMARTS) is 1. The average molecular weight is 527 g/mol. The molecule has 1 unspecified atom stereocenters. The molecule has 0 aromatic rings. The number of rotatable bonds is 27. The smallest absolute Gasteiger partial charge is 0.331 e. The zero-order valence-electron chi connectivity index (χ0n) is 24.1. The van der Waals surface area contributed by atoms with Crippen LogP contribution in [-0.4, -0.2) is 45.6 Å². The highest BCUT2D eigenvalue weighted by Crippen LogP contribution is 2.31. The van der Waals surface area contributed by atoms with Crippen LogP contribution in [0.1, 0.15) is 155 Å². The molecular formula is C31H58O6. The Morgan fingerprint density at radius 1 is 0.649 bits per heavy atom. The van der Waals surface area contributed by atoms with E-state index in [1.807, 2.05) is 0 Å². The van der Waals surface area contributed by atoms with Gasteiger partial charge in [-0.1, -0.05) is 129 Å². The molecule has 0 spiro atoms. The van der Waals surface area contributed by atoms with Crippen molar-refractivity contribution in [2.24, 2.45) is 0 Å². The third-order valence-electron chi connectivity index (χ3n) is 7.35. The maximum Gasteiger partial charge on any atom is 0.331 e. The number of carbonyl (C=O) groups excluding carboxylic acids is 1. The molecule has 0 fully saturated rings. The predicted molar refractivity (Wildman–Crippen MR) is 152 cm³/mol. The van der Waals surface area contributed by atoms with Crippen molar-refractivity contribution in [3.05, 3.63) is 12.2 Å². The highest BCUT2D eigenvalue weighted by Gasteiger charge is 2.40. The minimum absolute atomic E-state index is 0.468. The highest BCUT2D eigenvalue weighted by molar-refractivity contribution is 5.90. The zero-order valence-corrected chi connectivity index (χ0v) is 24.1. The summed E-state index contributed by atoms with van der Waals surface area (Å²) < 4.78 is 5.71. The first-order valence-corrected chi connectivity index (χ1v) is 15.3. The highest BCUT2D eigenvalue weighted by atomic mass is 16.6. The summed E-state index contributed by atoms with van der Waals surface area (Å²) >= 11 is 0. The molecule has 0 rings (SSSR count). The van der Waals surface area contributed by atoms with Gasteiger partial charge in [0.2, 0.25) is 0 Å². The van der Waals surface area contributed by atoms with E-state index in [4.69, 9.17) is 9.84 Å². The van der Waals surface area contributed by atoms with Gasteiger partial charge in [0, 0.05) is 12.2 Å². The standard InChI is InChI=1S/C31H58O6/c1-3-5-7-9-11-13-15-17-19-21-25-31(28(33)27-32,37-30(36)24-23-29(34)35)26-22-20-18-16-14-12-10-8-6-4-2/h23-24,28,32-33H,3-22,25-27H2,1-2H3,(H,34,35)/b24-23+. The monoisotopic (exact) mass is 526 g/mol. The second-order valence-electron chi connectivity index (χ2n) is 10.7. The van der Waals surface area contributed by atoms with Crippen molar-refractivity contribution in [1.29, 1.82) is 0 Å². The lowest BCUT2D eigenvalue weighted by Crippen LogP contribution is -2.48. The summed E-state index contributed by atoms with van der Waals surface area (Å²) in [4.78, 5) is 23.2. The molecular weight excluding hydrogens is 468 g/mol. The first kappa shape index (κ1) is 35.6. The minimum Gasteiger partial charge on any atom is -0.478 e. The normalized spacial score (nSPS) is 12.8. The van der Waals surface area contributed by atoms with E-state index in [1.54, 1.807) is 0 Å². The van der Waals surface area contributed by atoms with Gasteiger partial charge >= 0.3 is 11.9 Å². The lowest BCUT2D eigenvalue weighted by Gasteiger charge is -2.37. The van der Waals surface area contributed by atoms with Crippen LogP contribution in [0.4, 0.5) is 0 Å². The van der Waals surface area contributed by atoms with E-state index in [0.29, 0.717) is 12.8 Å². The summed E-state index contributed by atoms with van der Waals surface area (Å²) in [7, 11) is 0. The van der Waals surface area contributed by atoms with E-state index < -0.39 is 30.3 Å². The number of carbonyl (C=O) groups is 2. The second-order valence-corrected chi connectivity index (χ2v) is 10.7. The van der Waals surface area contributed by atoms with Crippen molar-refractivity contribution >= 4 is 11.9 Å². The number of esters is 1. The average Bonchev–Trinajstić information content (AvgIpc) is 2.88. The third-order valence-corrected chi connectivity index (χ3v) is 7.35. The summed E-state index contributed by atoms with van der Waals surface area (Å²) in [5.41, 5.74) is -1.19. The summed E-state index contributed by atoms with van der Waals surface area (Å²) in [6.07, 6.45) is 24.9. The summed E-state index contributed by atoms with van der Waals surface area (Å²) in [6.45, 7) is 3.96. The van der Waals surface area contributed by atoms with Crippen LogP contribution in [-0.2, 0) is 14.3 Å². The lowest BCUT2D eigenvalue weighted by atomic mass is 9.84. The van der Waals surface area contributed by atoms with Gasteiger partial charge in [0.05, 0.1) is 6.61 Å². The van der Waals surface area contributed by atoms with Gasteiger partial charge in [-0.15, -0.1) is 0 Å². The molecule has 0 amide bonds. The van der Waals surface area contributed by atoms with E-state index in [1.165, 1.54) is 89.9 Å². The number of aliphatic carboxylic acids is 1. The third kappa shape index (κ3) is 20.3. The van der Waals surface area contributed by atoms with Gasteiger partial charge in [-0.25, -0.2) is 9.59 Å². The van der Waals surface area contributed by atoms with Crippen LogP contribution >= 0.6 is 0 Å². The van der Waals surface area contributed by atoms with Gasteiger partial charge in [0.15, 0.2) is 0 Å². The van der Waals surface area contributed by atoms with E-state index in [9.17, 15) is 19.8 Å². The second kappa shape index (κ2) is 24.9. The maximum absolute atomic E-state index is 12.4. The minimum atomic E-state index is -1.23. The SMILES string of the molecule is CCCCCCCCCCCCC(CCCCCCCCCCCC)(OC(=O)/C=C/C(=O)O)C(O)CO.